The summed E-state index contributed by atoms with van der Waals surface area (Å²) < 4.78 is 25.4. The van der Waals surface area contributed by atoms with E-state index < -0.39 is 16.0 Å². The van der Waals surface area contributed by atoms with Gasteiger partial charge in [0.25, 0.3) is 0 Å². The van der Waals surface area contributed by atoms with E-state index in [0.717, 1.165) is 10.4 Å². The lowest BCUT2D eigenvalue weighted by Gasteiger charge is -2.16. The number of carbonyl (C=O) groups is 1. The Bertz CT molecular complexity index is 622. The van der Waals surface area contributed by atoms with E-state index in [0.29, 0.717) is 11.1 Å². The van der Waals surface area contributed by atoms with Crippen LogP contribution in [0.4, 0.5) is 0 Å². The second-order valence-electron chi connectivity index (χ2n) is 4.24. The van der Waals surface area contributed by atoms with Crippen molar-refractivity contribution >= 4 is 22.1 Å². The van der Waals surface area contributed by atoms with Crippen molar-refractivity contribution in [1.29, 1.82) is 0 Å². The summed E-state index contributed by atoms with van der Waals surface area (Å²) in [5.41, 5.74) is 1.29. The molecule has 0 saturated carbocycles. The third-order valence-electron chi connectivity index (χ3n) is 2.77. The molecule has 1 rings (SSSR count). The third-order valence-corrected chi connectivity index (χ3v) is 4.62. The zero-order valence-corrected chi connectivity index (χ0v) is 12.1. The predicted octanol–water partition coefficient (Wildman–Crippen LogP) is 0.706. The SMILES string of the molecule is Cc1cc(S(=O)(=O)N(C)CCO)ccc1C=CC(=O)O. The number of rotatable bonds is 6. The molecule has 1 aromatic carbocycles. The molecule has 0 radical (unpaired) electrons. The molecule has 6 nitrogen and oxygen atoms in total. The molecule has 0 aliphatic rings. The molecule has 20 heavy (non-hydrogen) atoms. The largest absolute Gasteiger partial charge is 0.478 e. The molecular weight excluding hydrogens is 282 g/mol. The molecule has 0 heterocycles. The summed E-state index contributed by atoms with van der Waals surface area (Å²) in [5, 5.41) is 17.4. The number of likely N-dealkylation sites (N-methyl/N-ethyl adjacent to an activating group) is 1. The van der Waals surface area contributed by atoms with Crippen LogP contribution < -0.4 is 0 Å². The van der Waals surface area contributed by atoms with Crippen LogP contribution in [0.5, 0.6) is 0 Å². The number of aliphatic hydroxyl groups excluding tert-OH is 1. The molecule has 7 heteroatoms. The Morgan fingerprint density at radius 3 is 2.55 bits per heavy atom. The van der Waals surface area contributed by atoms with Gasteiger partial charge in [-0.3, -0.25) is 0 Å². The lowest BCUT2D eigenvalue weighted by molar-refractivity contribution is -0.131. The van der Waals surface area contributed by atoms with Gasteiger partial charge < -0.3 is 10.2 Å². The predicted molar refractivity (Wildman–Crippen MR) is 74.8 cm³/mol. The first kappa shape index (κ1) is 16.4. The number of carboxylic acids is 1. The molecular formula is C13H17NO5S. The van der Waals surface area contributed by atoms with Crippen molar-refractivity contribution in [2.24, 2.45) is 0 Å². The summed E-state index contributed by atoms with van der Waals surface area (Å²) >= 11 is 0. The third kappa shape index (κ3) is 3.89. The Morgan fingerprint density at radius 2 is 2.05 bits per heavy atom. The van der Waals surface area contributed by atoms with Crippen LogP contribution in [0.2, 0.25) is 0 Å². The van der Waals surface area contributed by atoms with Gasteiger partial charge in [0.15, 0.2) is 0 Å². The van der Waals surface area contributed by atoms with Gasteiger partial charge in [-0.2, -0.15) is 4.31 Å². The van der Waals surface area contributed by atoms with Gasteiger partial charge in [-0.25, -0.2) is 13.2 Å². The zero-order chi connectivity index (χ0) is 15.3. The molecule has 0 amide bonds. The highest BCUT2D eigenvalue weighted by molar-refractivity contribution is 7.89. The second-order valence-corrected chi connectivity index (χ2v) is 6.29. The smallest absolute Gasteiger partial charge is 0.328 e. The van der Waals surface area contributed by atoms with Crippen molar-refractivity contribution in [2.75, 3.05) is 20.2 Å². The number of aryl methyl sites for hydroxylation is 1. The normalized spacial score (nSPS) is 12.2. The van der Waals surface area contributed by atoms with E-state index in [2.05, 4.69) is 0 Å². The number of hydrogen-bond acceptors (Lipinski definition) is 4. The minimum atomic E-state index is -3.64. The first-order chi connectivity index (χ1) is 9.28. The molecule has 0 saturated heterocycles. The second kappa shape index (κ2) is 6.65. The number of aliphatic hydroxyl groups is 1. The Labute approximate surface area is 118 Å². The highest BCUT2D eigenvalue weighted by Crippen LogP contribution is 2.19. The molecule has 0 bridgehead atoms. The van der Waals surface area contributed by atoms with E-state index in [1.54, 1.807) is 13.0 Å². The number of benzene rings is 1. The van der Waals surface area contributed by atoms with E-state index in [9.17, 15) is 13.2 Å². The summed E-state index contributed by atoms with van der Waals surface area (Å²) in [4.78, 5) is 10.6. The Balaban J connectivity index is 3.12. The first-order valence-corrected chi connectivity index (χ1v) is 7.32. The lowest BCUT2D eigenvalue weighted by atomic mass is 10.1. The fourth-order valence-corrected chi connectivity index (χ4v) is 2.85. The molecule has 1 aromatic rings. The monoisotopic (exact) mass is 299 g/mol. The van der Waals surface area contributed by atoms with Gasteiger partial charge in [0.05, 0.1) is 11.5 Å². The molecule has 0 aliphatic heterocycles. The van der Waals surface area contributed by atoms with Crippen LogP contribution in [0.25, 0.3) is 6.08 Å². The molecule has 0 fully saturated rings. The first-order valence-electron chi connectivity index (χ1n) is 5.88. The highest BCUT2D eigenvalue weighted by Gasteiger charge is 2.20. The van der Waals surface area contributed by atoms with Crippen LogP contribution in [0, 0.1) is 6.92 Å². The van der Waals surface area contributed by atoms with Gasteiger partial charge in [0.2, 0.25) is 10.0 Å². The average Bonchev–Trinajstić information content (AvgIpc) is 2.37. The summed E-state index contributed by atoms with van der Waals surface area (Å²) in [6.45, 7) is 1.46. The maximum atomic E-state index is 12.2. The number of aliphatic carboxylic acids is 1. The molecule has 0 spiro atoms. The molecule has 0 aliphatic carbocycles. The van der Waals surface area contributed by atoms with Crippen LogP contribution in [0.3, 0.4) is 0 Å². The van der Waals surface area contributed by atoms with E-state index in [1.165, 1.54) is 25.3 Å². The fourth-order valence-electron chi connectivity index (χ4n) is 1.60. The van der Waals surface area contributed by atoms with Gasteiger partial charge in [-0.05, 0) is 36.3 Å². The minimum Gasteiger partial charge on any atom is -0.478 e. The molecule has 110 valence electrons. The molecule has 0 unspecified atom stereocenters. The Hall–Kier alpha value is -1.70. The number of nitrogens with zero attached hydrogens (tertiary/aromatic N) is 1. The van der Waals surface area contributed by atoms with Gasteiger partial charge in [-0.15, -0.1) is 0 Å². The summed E-state index contributed by atoms with van der Waals surface area (Å²) in [5.74, 6) is -1.07. The van der Waals surface area contributed by atoms with E-state index in [4.69, 9.17) is 10.2 Å². The van der Waals surface area contributed by atoms with Crippen LogP contribution >= 0.6 is 0 Å². The van der Waals surface area contributed by atoms with Gasteiger partial charge in [0, 0.05) is 19.7 Å². The Morgan fingerprint density at radius 1 is 1.40 bits per heavy atom. The highest BCUT2D eigenvalue weighted by atomic mass is 32.2. The van der Waals surface area contributed by atoms with Crippen LogP contribution in [0.15, 0.2) is 29.2 Å². The summed E-state index contributed by atoms with van der Waals surface area (Å²) in [7, 11) is -2.25. The van der Waals surface area contributed by atoms with Crippen molar-refractivity contribution in [1.82, 2.24) is 4.31 Å². The van der Waals surface area contributed by atoms with Crippen molar-refractivity contribution in [2.45, 2.75) is 11.8 Å². The maximum absolute atomic E-state index is 12.2. The molecule has 2 N–H and O–H groups in total. The number of hydrogen-bond donors (Lipinski definition) is 2. The zero-order valence-electron chi connectivity index (χ0n) is 11.3. The van der Waals surface area contributed by atoms with Crippen molar-refractivity contribution in [3.8, 4) is 0 Å². The van der Waals surface area contributed by atoms with E-state index >= 15 is 0 Å². The standard InChI is InChI=1S/C13H17NO5S/c1-10-9-12(20(18,19)14(2)7-8-15)5-3-11(10)4-6-13(16)17/h3-6,9,15H,7-8H2,1-2H3,(H,16,17). The van der Waals surface area contributed by atoms with Crippen LogP contribution in [-0.4, -0.2) is 49.1 Å². The van der Waals surface area contributed by atoms with E-state index in [1.807, 2.05) is 0 Å². The van der Waals surface area contributed by atoms with Crippen LogP contribution in [-0.2, 0) is 14.8 Å². The van der Waals surface area contributed by atoms with Crippen LogP contribution in [0.1, 0.15) is 11.1 Å². The average molecular weight is 299 g/mol. The van der Waals surface area contributed by atoms with E-state index in [-0.39, 0.29) is 18.0 Å². The van der Waals surface area contributed by atoms with Crippen molar-refractivity contribution in [3.05, 3.63) is 35.4 Å². The summed E-state index contributed by atoms with van der Waals surface area (Å²) in [6, 6.07) is 4.44. The number of sulfonamides is 1. The summed E-state index contributed by atoms with van der Waals surface area (Å²) in [6.07, 6.45) is 2.40. The quantitative estimate of drug-likeness (QED) is 0.754. The molecule has 0 aromatic heterocycles. The van der Waals surface area contributed by atoms with Gasteiger partial charge in [-0.1, -0.05) is 6.07 Å². The fraction of sp³-hybridized carbons (Fsp3) is 0.308. The Kier molecular flexibility index (Phi) is 5.43. The minimum absolute atomic E-state index is 0.0159. The van der Waals surface area contributed by atoms with Crippen molar-refractivity contribution in [3.63, 3.8) is 0 Å². The topological polar surface area (TPSA) is 94.9 Å². The number of carboxylic acid groups (broad SMARTS) is 1. The maximum Gasteiger partial charge on any atom is 0.328 e. The van der Waals surface area contributed by atoms with Gasteiger partial charge >= 0.3 is 5.97 Å². The van der Waals surface area contributed by atoms with Crippen molar-refractivity contribution < 1.29 is 23.4 Å². The molecule has 0 atom stereocenters. The van der Waals surface area contributed by atoms with Gasteiger partial charge in [0.1, 0.15) is 0 Å². The lowest BCUT2D eigenvalue weighted by Crippen LogP contribution is -2.29.